The molecule has 0 unspecified atom stereocenters. The van der Waals surface area contributed by atoms with Gasteiger partial charge in [0.25, 0.3) is 11.8 Å². The van der Waals surface area contributed by atoms with Crippen molar-refractivity contribution < 1.29 is 33.3 Å². The van der Waals surface area contributed by atoms with E-state index in [0.29, 0.717) is 16.5 Å². The minimum Gasteiger partial charge on any atom is -0.493 e. The number of hydrogen-bond acceptors (Lipinski definition) is 9. The maximum absolute atomic E-state index is 13.0. The lowest BCUT2D eigenvalue weighted by molar-refractivity contribution is -0.155. The summed E-state index contributed by atoms with van der Waals surface area (Å²) in [6.45, 7) is 1.39. The molecule has 0 bridgehead atoms. The Kier molecular flexibility index (Phi) is 11.4. The maximum atomic E-state index is 13.0. The first-order valence-corrected chi connectivity index (χ1v) is 12.7. The van der Waals surface area contributed by atoms with Crippen LogP contribution in [0, 0.1) is 0 Å². The summed E-state index contributed by atoms with van der Waals surface area (Å²) in [4.78, 5) is 42.3. The third-order valence-electron chi connectivity index (χ3n) is 4.84. The number of hydrogen-bond donors (Lipinski definition) is 2. The third kappa shape index (κ3) is 7.81. The van der Waals surface area contributed by atoms with E-state index in [1.54, 1.807) is 0 Å². The predicted molar refractivity (Wildman–Crippen MR) is 139 cm³/mol. The predicted octanol–water partition coefficient (Wildman–Crippen LogP) is 3.84. The van der Waals surface area contributed by atoms with Gasteiger partial charge in [-0.05, 0) is 43.6 Å². The van der Waals surface area contributed by atoms with Crippen molar-refractivity contribution in [3.05, 3.63) is 40.0 Å². The van der Waals surface area contributed by atoms with Crippen molar-refractivity contribution in [2.75, 3.05) is 38.7 Å². The van der Waals surface area contributed by atoms with Crippen molar-refractivity contribution in [2.24, 2.45) is 0 Å². The molecular weight excluding hydrogens is 533 g/mol. The summed E-state index contributed by atoms with van der Waals surface area (Å²) in [5, 5.41) is 5.57. The van der Waals surface area contributed by atoms with Gasteiger partial charge < -0.3 is 29.6 Å². The second-order valence-corrected chi connectivity index (χ2v) is 9.10. The van der Waals surface area contributed by atoms with E-state index in [-0.39, 0.29) is 34.3 Å². The van der Waals surface area contributed by atoms with Crippen LogP contribution in [-0.4, -0.2) is 68.3 Å². The van der Waals surface area contributed by atoms with Crippen LogP contribution in [0.5, 0.6) is 17.2 Å². The van der Waals surface area contributed by atoms with Gasteiger partial charge in [-0.1, -0.05) is 23.2 Å². The summed E-state index contributed by atoms with van der Waals surface area (Å²) in [7, 11) is 4.30. The monoisotopic (exact) mass is 559 g/mol. The van der Waals surface area contributed by atoms with Crippen LogP contribution in [0.1, 0.15) is 23.7 Å². The average Bonchev–Trinajstić information content (AvgIpc) is 2.86. The average molecular weight is 560 g/mol. The van der Waals surface area contributed by atoms with Crippen LogP contribution in [0.25, 0.3) is 0 Å². The molecule has 0 spiro atoms. The van der Waals surface area contributed by atoms with Crippen LogP contribution >= 0.6 is 35.0 Å². The SMILES string of the molecule is COc1cc(C(=O)N[C@H](CCSC)C(=O)O[C@H](C)C(=O)Nc2ncc(Cl)cc2Cl)cc(OC)c1OC. The number of amides is 2. The largest absolute Gasteiger partial charge is 0.493 e. The highest BCUT2D eigenvalue weighted by Gasteiger charge is 2.28. The number of nitrogens with one attached hydrogen (secondary N) is 2. The van der Waals surface area contributed by atoms with Gasteiger partial charge in [0.05, 0.1) is 31.4 Å². The molecular formula is C23H27Cl2N3O7S. The molecule has 0 aliphatic carbocycles. The highest BCUT2D eigenvalue weighted by Crippen LogP contribution is 2.38. The lowest BCUT2D eigenvalue weighted by Crippen LogP contribution is -2.44. The zero-order valence-corrected chi connectivity index (χ0v) is 22.7. The zero-order valence-electron chi connectivity index (χ0n) is 20.3. The van der Waals surface area contributed by atoms with E-state index in [4.69, 9.17) is 42.1 Å². The summed E-state index contributed by atoms with van der Waals surface area (Å²) < 4.78 is 21.2. The molecule has 0 saturated carbocycles. The molecule has 0 aliphatic rings. The standard InChI is InChI=1S/C23H27Cl2N3O7S/c1-12(21(29)28-20-15(25)10-14(24)11-26-20)35-23(31)16(6-7-36-5)27-22(30)13-8-17(32-2)19(34-4)18(9-13)33-3/h8-12,16H,6-7H2,1-5H3,(H,27,30)(H,26,28,29)/t12-,16-/m1/s1. The van der Waals surface area contributed by atoms with Crippen LogP contribution in [0.2, 0.25) is 10.0 Å². The number of esters is 1. The Labute approximate surface area is 223 Å². The van der Waals surface area contributed by atoms with E-state index in [2.05, 4.69) is 15.6 Å². The smallest absolute Gasteiger partial charge is 0.329 e. The Bertz CT molecular complexity index is 1080. The van der Waals surface area contributed by atoms with Crippen molar-refractivity contribution in [3.8, 4) is 17.2 Å². The minimum absolute atomic E-state index is 0.0728. The fourth-order valence-corrected chi connectivity index (χ4v) is 3.87. The van der Waals surface area contributed by atoms with E-state index in [1.807, 2.05) is 6.26 Å². The summed E-state index contributed by atoms with van der Waals surface area (Å²) in [5.74, 6) is -0.474. The molecule has 2 amide bonds. The molecule has 2 rings (SSSR count). The van der Waals surface area contributed by atoms with Crippen molar-refractivity contribution in [1.29, 1.82) is 0 Å². The Hall–Kier alpha value is -2.89. The van der Waals surface area contributed by atoms with Gasteiger partial charge in [-0.2, -0.15) is 11.8 Å². The minimum atomic E-state index is -1.19. The number of pyridine rings is 1. The highest BCUT2D eigenvalue weighted by atomic mass is 35.5. The van der Waals surface area contributed by atoms with E-state index in [9.17, 15) is 14.4 Å². The van der Waals surface area contributed by atoms with Crippen molar-refractivity contribution in [3.63, 3.8) is 0 Å². The molecule has 2 aromatic rings. The molecule has 13 heteroatoms. The topological polar surface area (TPSA) is 125 Å². The Morgan fingerprint density at radius 3 is 2.22 bits per heavy atom. The van der Waals surface area contributed by atoms with Gasteiger partial charge in [0.15, 0.2) is 23.4 Å². The third-order valence-corrected chi connectivity index (χ3v) is 5.98. The van der Waals surface area contributed by atoms with Crippen LogP contribution in [0.3, 0.4) is 0 Å². The molecule has 1 aromatic carbocycles. The van der Waals surface area contributed by atoms with Crippen LogP contribution in [-0.2, 0) is 14.3 Å². The first-order valence-electron chi connectivity index (χ1n) is 10.6. The number of thioether (sulfide) groups is 1. The van der Waals surface area contributed by atoms with Gasteiger partial charge in [-0.3, -0.25) is 9.59 Å². The van der Waals surface area contributed by atoms with Crippen LogP contribution in [0.15, 0.2) is 24.4 Å². The Morgan fingerprint density at radius 2 is 1.69 bits per heavy atom. The quantitative estimate of drug-likeness (QED) is 0.373. The van der Waals surface area contributed by atoms with Crippen molar-refractivity contribution in [2.45, 2.75) is 25.5 Å². The van der Waals surface area contributed by atoms with Crippen LogP contribution in [0.4, 0.5) is 5.82 Å². The number of anilines is 1. The molecule has 2 atom stereocenters. The number of carbonyl (C=O) groups is 3. The van der Waals surface area contributed by atoms with Crippen LogP contribution < -0.4 is 24.8 Å². The zero-order chi connectivity index (χ0) is 26.8. The second kappa shape index (κ2) is 14.0. The number of ether oxygens (including phenoxy) is 4. The second-order valence-electron chi connectivity index (χ2n) is 7.27. The Morgan fingerprint density at radius 1 is 1.06 bits per heavy atom. The lowest BCUT2D eigenvalue weighted by atomic mass is 10.1. The highest BCUT2D eigenvalue weighted by molar-refractivity contribution is 7.98. The number of rotatable bonds is 12. The molecule has 196 valence electrons. The lowest BCUT2D eigenvalue weighted by Gasteiger charge is -2.21. The van der Waals surface area contributed by atoms with E-state index >= 15 is 0 Å². The van der Waals surface area contributed by atoms with E-state index in [0.717, 1.165) is 0 Å². The molecule has 36 heavy (non-hydrogen) atoms. The molecule has 10 nitrogen and oxygen atoms in total. The van der Waals surface area contributed by atoms with Gasteiger partial charge >= 0.3 is 5.97 Å². The summed E-state index contributed by atoms with van der Waals surface area (Å²) in [6, 6.07) is 3.33. The molecule has 0 aliphatic heterocycles. The number of nitrogens with zero attached hydrogens (tertiary/aromatic N) is 1. The fraction of sp³-hybridized carbons (Fsp3) is 0.391. The number of methoxy groups -OCH3 is 3. The number of aromatic nitrogens is 1. The van der Waals surface area contributed by atoms with Crippen molar-refractivity contribution in [1.82, 2.24) is 10.3 Å². The first-order chi connectivity index (χ1) is 17.1. The summed E-state index contributed by atoms with van der Waals surface area (Å²) in [6.07, 6.45) is 2.26. The molecule has 0 fully saturated rings. The normalized spacial score (nSPS) is 12.2. The van der Waals surface area contributed by atoms with Gasteiger partial charge in [-0.25, -0.2) is 9.78 Å². The molecule has 1 aromatic heterocycles. The summed E-state index contributed by atoms with van der Waals surface area (Å²) in [5.41, 5.74) is 0.181. The van der Waals surface area contributed by atoms with Gasteiger partial charge in [0.1, 0.15) is 6.04 Å². The summed E-state index contributed by atoms with van der Waals surface area (Å²) >= 11 is 13.3. The molecule has 1 heterocycles. The molecule has 0 radical (unpaired) electrons. The number of carbonyl (C=O) groups excluding carboxylic acids is 3. The van der Waals surface area contributed by atoms with E-state index in [1.165, 1.54) is 64.4 Å². The first kappa shape index (κ1) is 29.3. The fourth-order valence-electron chi connectivity index (χ4n) is 2.97. The van der Waals surface area contributed by atoms with Gasteiger partial charge in [0.2, 0.25) is 5.75 Å². The molecule has 2 N–H and O–H groups in total. The van der Waals surface area contributed by atoms with E-state index < -0.39 is 29.9 Å². The number of halogens is 2. The van der Waals surface area contributed by atoms with Gasteiger partial charge in [-0.15, -0.1) is 0 Å². The number of benzene rings is 1. The van der Waals surface area contributed by atoms with Gasteiger partial charge in [0, 0.05) is 11.8 Å². The molecule has 0 saturated heterocycles. The Balaban J connectivity index is 2.14. The maximum Gasteiger partial charge on any atom is 0.329 e. The van der Waals surface area contributed by atoms with Crippen molar-refractivity contribution >= 4 is 58.6 Å².